The minimum absolute atomic E-state index is 0.141. The highest BCUT2D eigenvalue weighted by Crippen LogP contribution is 2.20. The van der Waals surface area contributed by atoms with Gasteiger partial charge in [0.05, 0.1) is 19.3 Å². The van der Waals surface area contributed by atoms with Crippen LogP contribution in [0.3, 0.4) is 0 Å². The molecule has 1 aliphatic heterocycles. The molecular weight excluding hydrogens is 180 g/mol. The second-order valence-corrected chi connectivity index (χ2v) is 3.33. The molecule has 2 rings (SSSR count). The molecule has 1 fully saturated rings. The Morgan fingerprint density at radius 2 is 2.57 bits per heavy atom. The van der Waals surface area contributed by atoms with E-state index in [1.165, 1.54) is 0 Å². The van der Waals surface area contributed by atoms with Gasteiger partial charge in [0.2, 0.25) is 0 Å². The quantitative estimate of drug-likeness (QED) is 0.636. The Labute approximate surface area is 83.6 Å². The summed E-state index contributed by atoms with van der Waals surface area (Å²) >= 11 is 0. The van der Waals surface area contributed by atoms with E-state index in [1.807, 2.05) is 18.2 Å². The lowest BCUT2D eigenvalue weighted by atomic mass is 10.2. The van der Waals surface area contributed by atoms with Crippen LogP contribution in [-0.2, 0) is 14.2 Å². The Hall–Kier alpha value is -0.860. The van der Waals surface area contributed by atoms with Crippen LogP contribution in [0.4, 0.5) is 0 Å². The number of hydrogen-bond donors (Lipinski definition) is 0. The molecule has 0 aromatic heterocycles. The molecule has 76 valence electrons. The summed E-state index contributed by atoms with van der Waals surface area (Å²) in [5.74, 6) is 0. The number of hydrogen-bond acceptors (Lipinski definition) is 3. The summed E-state index contributed by atoms with van der Waals surface area (Å²) < 4.78 is 16.2. The molecule has 0 aromatic carbocycles. The van der Waals surface area contributed by atoms with Crippen LogP contribution < -0.4 is 0 Å². The highest BCUT2D eigenvalue weighted by molar-refractivity contribution is 5.30. The first-order valence-electron chi connectivity index (χ1n) is 4.79. The van der Waals surface area contributed by atoms with Gasteiger partial charge in [0.1, 0.15) is 0 Å². The molecule has 1 heterocycles. The third kappa shape index (κ3) is 2.14. The first-order chi connectivity index (χ1) is 6.90. The molecule has 3 nitrogen and oxygen atoms in total. The van der Waals surface area contributed by atoms with Crippen molar-refractivity contribution >= 4 is 0 Å². The van der Waals surface area contributed by atoms with E-state index >= 15 is 0 Å². The molecule has 0 bridgehead atoms. The van der Waals surface area contributed by atoms with Gasteiger partial charge in [-0.15, -0.1) is 5.73 Å². The van der Waals surface area contributed by atoms with Gasteiger partial charge < -0.3 is 14.2 Å². The topological polar surface area (TPSA) is 27.7 Å². The first-order valence-corrected chi connectivity index (χ1v) is 4.79. The molecule has 0 unspecified atom stereocenters. The van der Waals surface area contributed by atoms with Crippen molar-refractivity contribution in [2.24, 2.45) is 0 Å². The zero-order valence-corrected chi connectivity index (χ0v) is 8.23. The summed E-state index contributed by atoms with van der Waals surface area (Å²) in [7, 11) is 1.68. The minimum Gasteiger partial charge on any atom is -0.382 e. The molecule has 0 aromatic rings. The van der Waals surface area contributed by atoms with E-state index in [2.05, 4.69) is 5.73 Å². The van der Waals surface area contributed by atoms with E-state index < -0.39 is 0 Å². The van der Waals surface area contributed by atoms with Crippen LogP contribution in [0.25, 0.3) is 0 Å². The Kier molecular flexibility index (Phi) is 3.17. The number of rotatable bonds is 3. The van der Waals surface area contributed by atoms with Crippen molar-refractivity contribution in [3.8, 4) is 0 Å². The van der Waals surface area contributed by atoms with E-state index in [0.717, 1.165) is 18.6 Å². The molecule has 1 aliphatic carbocycles. The van der Waals surface area contributed by atoms with Crippen LogP contribution in [0.15, 0.2) is 29.5 Å². The lowest BCUT2D eigenvalue weighted by molar-refractivity contribution is -0.200. The maximum atomic E-state index is 5.69. The molecular formula is C11H14O3. The molecule has 14 heavy (non-hydrogen) atoms. The molecule has 2 atom stereocenters. The second kappa shape index (κ2) is 4.58. The molecule has 0 radical (unpaired) electrons. The number of methoxy groups -OCH3 is 1. The SMILES string of the molecule is COC[C@@H]1CCO[C@H](C2=C=CC=C2)O1. The fourth-order valence-corrected chi connectivity index (χ4v) is 1.55. The van der Waals surface area contributed by atoms with Gasteiger partial charge in [-0.3, -0.25) is 0 Å². The van der Waals surface area contributed by atoms with Gasteiger partial charge >= 0.3 is 0 Å². The number of ether oxygens (including phenoxy) is 3. The summed E-state index contributed by atoms with van der Waals surface area (Å²) in [4.78, 5) is 0. The molecule has 0 amide bonds. The maximum Gasteiger partial charge on any atom is 0.191 e. The summed E-state index contributed by atoms with van der Waals surface area (Å²) in [6.07, 6.45) is 6.52. The van der Waals surface area contributed by atoms with Crippen LogP contribution in [0.2, 0.25) is 0 Å². The van der Waals surface area contributed by atoms with Crippen molar-refractivity contribution in [3.63, 3.8) is 0 Å². The van der Waals surface area contributed by atoms with Crippen molar-refractivity contribution < 1.29 is 14.2 Å². The molecule has 0 saturated carbocycles. The molecule has 0 spiro atoms. The van der Waals surface area contributed by atoms with Gasteiger partial charge in [-0.2, -0.15) is 0 Å². The van der Waals surface area contributed by atoms with Crippen LogP contribution in [0.5, 0.6) is 0 Å². The standard InChI is InChI=1S/C11H14O3/c1-12-8-10-6-7-13-11(14-10)9-4-2-3-5-9/h2-4,10-11H,6-8H2,1H3/t10-,11-/m0/s1. The van der Waals surface area contributed by atoms with Gasteiger partial charge in [-0.1, -0.05) is 6.08 Å². The van der Waals surface area contributed by atoms with Gasteiger partial charge in [0.15, 0.2) is 6.29 Å². The fraction of sp³-hybridized carbons (Fsp3) is 0.545. The smallest absolute Gasteiger partial charge is 0.191 e. The number of allylic oxidation sites excluding steroid dienone is 1. The highest BCUT2D eigenvalue weighted by atomic mass is 16.7. The summed E-state index contributed by atoms with van der Waals surface area (Å²) in [6, 6.07) is 0. The molecule has 1 saturated heterocycles. The monoisotopic (exact) mass is 194 g/mol. The third-order valence-corrected chi connectivity index (χ3v) is 2.25. The third-order valence-electron chi connectivity index (χ3n) is 2.25. The average Bonchev–Trinajstić information content (AvgIpc) is 2.71. The van der Waals surface area contributed by atoms with Gasteiger partial charge in [-0.25, -0.2) is 0 Å². The van der Waals surface area contributed by atoms with Crippen molar-refractivity contribution in [1.82, 2.24) is 0 Å². The van der Waals surface area contributed by atoms with Crippen LogP contribution in [-0.4, -0.2) is 32.7 Å². The van der Waals surface area contributed by atoms with Crippen molar-refractivity contribution in [3.05, 3.63) is 29.5 Å². The van der Waals surface area contributed by atoms with Gasteiger partial charge in [0, 0.05) is 12.7 Å². The Morgan fingerprint density at radius 3 is 3.29 bits per heavy atom. The predicted octanol–water partition coefficient (Wildman–Crippen LogP) is 1.42. The van der Waals surface area contributed by atoms with E-state index in [0.29, 0.717) is 6.61 Å². The largest absolute Gasteiger partial charge is 0.382 e. The second-order valence-electron chi connectivity index (χ2n) is 3.33. The fourth-order valence-electron chi connectivity index (χ4n) is 1.55. The van der Waals surface area contributed by atoms with E-state index in [-0.39, 0.29) is 12.4 Å². The minimum atomic E-state index is -0.265. The molecule has 0 N–H and O–H groups in total. The Morgan fingerprint density at radius 1 is 1.64 bits per heavy atom. The van der Waals surface area contributed by atoms with Crippen LogP contribution >= 0.6 is 0 Å². The summed E-state index contributed by atoms with van der Waals surface area (Å²) in [5.41, 5.74) is 4.04. The first kappa shape index (κ1) is 9.69. The summed E-state index contributed by atoms with van der Waals surface area (Å²) in [5, 5.41) is 0. The predicted molar refractivity (Wildman–Crippen MR) is 51.8 cm³/mol. The van der Waals surface area contributed by atoms with E-state index in [9.17, 15) is 0 Å². The van der Waals surface area contributed by atoms with E-state index in [4.69, 9.17) is 14.2 Å². The van der Waals surface area contributed by atoms with Crippen LogP contribution in [0.1, 0.15) is 6.42 Å². The zero-order valence-electron chi connectivity index (χ0n) is 8.23. The summed E-state index contributed by atoms with van der Waals surface area (Å²) in [6.45, 7) is 1.35. The van der Waals surface area contributed by atoms with Gasteiger partial charge in [-0.05, 0) is 18.6 Å². The Balaban J connectivity index is 1.94. The normalized spacial score (nSPS) is 30.8. The molecule has 3 heteroatoms. The van der Waals surface area contributed by atoms with Gasteiger partial charge in [0.25, 0.3) is 0 Å². The molecule has 2 aliphatic rings. The highest BCUT2D eigenvalue weighted by Gasteiger charge is 2.25. The lowest BCUT2D eigenvalue weighted by Crippen LogP contribution is -2.35. The zero-order chi connectivity index (χ0) is 9.80. The van der Waals surface area contributed by atoms with Crippen LogP contribution in [0, 0.1) is 0 Å². The van der Waals surface area contributed by atoms with E-state index in [1.54, 1.807) is 7.11 Å². The van der Waals surface area contributed by atoms with Crippen molar-refractivity contribution in [1.29, 1.82) is 0 Å². The maximum absolute atomic E-state index is 5.69. The Bertz CT molecular complexity index is 285. The average molecular weight is 194 g/mol. The van der Waals surface area contributed by atoms with Crippen molar-refractivity contribution in [2.75, 3.05) is 20.3 Å². The lowest BCUT2D eigenvalue weighted by Gasteiger charge is -2.29. The van der Waals surface area contributed by atoms with Crippen molar-refractivity contribution in [2.45, 2.75) is 18.8 Å².